The third-order valence-corrected chi connectivity index (χ3v) is 5.75. The van der Waals surface area contributed by atoms with Gasteiger partial charge in [0.2, 0.25) is 15.9 Å². The molecule has 2 aromatic rings. The van der Waals surface area contributed by atoms with E-state index in [1.54, 1.807) is 30.3 Å². The number of methoxy groups -OCH3 is 1. The van der Waals surface area contributed by atoms with Gasteiger partial charge in [0.15, 0.2) is 0 Å². The van der Waals surface area contributed by atoms with Crippen LogP contribution in [0.4, 0.5) is 11.4 Å². The third-order valence-electron chi connectivity index (χ3n) is 3.60. The molecule has 0 aliphatic rings. The first-order chi connectivity index (χ1) is 12.1. The first-order valence-corrected chi connectivity index (χ1v) is 10.6. The second-order valence-electron chi connectivity index (χ2n) is 5.52. The Morgan fingerprint density at radius 3 is 2.50 bits per heavy atom. The number of halogens is 2. The molecule has 0 unspecified atom stereocenters. The van der Waals surface area contributed by atoms with Crippen molar-refractivity contribution in [3.8, 4) is 5.75 Å². The van der Waals surface area contributed by atoms with Crippen LogP contribution < -0.4 is 14.4 Å². The van der Waals surface area contributed by atoms with Crippen molar-refractivity contribution in [2.24, 2.45) is 0 Å². The van der Waals surface area contributed by atoms with E-state index >= 15 is 0 Å². The minimum absolute atomic E-state index is 0.192. The van der Waals surface area contributed by atoms with Gasteiger partial charge in [-0.1, -0.05) is 23.7 Å². The van der Waals surface area contributed by atoms with Gasteiger partial charge in [-0.2, -0.15) is 0 Å². The summed E-state index contributed by atoms with van der Waals surface area (Å²) in [6, 6.07) is 10.6. The Labute approximate surface area is 166 Å². The maximum Gasteiger partial charge on any atom is 0.248 e. The minimum atomic E-state index is -3.79. The maximum absolute atomic E-state index is 12.7. The highest BCUT2D eigenvalue weighted by Gasteiger charge is 2.31. The molecule has 0 fully saturated rings. The molecule has 1 atom stereocenters. The van der Waals surface area contributed by atoms with Crippen molar-refractivity contribution in [2.75, 3.05) is 23.0 Å². The predicted molar refractivity (Wildman–Crippen MR) is 108 cm³/mol. The van der Waals surface area contributed by atoms with Crippen molar-refractivity contribution in [3.63, 3.8) is 0 Å². The fourth-order valence-corrected chi connectivity index (χ4v) is 4.14. The lowest BCUT2D eigenvalue weighted by atomic mass is 10.2. The Morgan fingerprint density at radius 2 is 1.92 bits per heavy atom. The van der Waals surface area contributed by atoms with E-state index in [4.69, 9.17) is 16.3 Å². The highest BCUT2D eigenvalue weighted by Crippen LogP contribution is 2.34. The van der Waals surface area contributed by atoms with Gasteiger partial charge < -0.3 is 10.1 Å². The average molecular weight is 462 g/mol. The van der Waals surface area contributed by atoms with E-state index in [1.807, 2.05) is 6.07 Å². The number of carbonyl (C=O) groups is 1. The lowest BCUT2D eigenvalue weighted by molar-refractivity contribution is -0.116. The highest BCUT2D eigenvalue weighted by atomic mass is 79.9. The number of anilines is 2. The molecule has 0 aliphatic heterocycles. The van der Waals surface area contributed by atoms with Gasteiger partial charge in [0.1, 0.15) is 11.8 Å². The molecule has 0 radical (unpaired) electrons. The molecule has 1 amide bonds. The van der Waals surface area contributed by atoms with Gasteiger partial charge in [0.05, 0.1) is 24.7 Å². The molecule has 0 aromatic heterocycles. The van der Waals surface area contributed by atoms with Crippen LogP contribution >= 0.6 is 27.5 Å². The standard InChI is InChI=1S/C17H18BrClN2O4S/c1-11(17(22)20-14-7-5-4-6-13(14)18)21(26(3,23)24)15-10-12(19)8-9-16(15)25-2/h4-11H,1-3H3,(H,20,22)/t11-/m1/s1. The summed E-state index contributed by atoms with van der Waals surface area (Å²) in [5.41, 5.74) is 0.730. The summed E-state index contributed by atoms with van der Waals surface area (Å²) < 4.78 is 31.7. The first-order valence-electron chi connectivity index (χ1n) is 7.53. The van der Waals surface area contributed by atoms with E-state index in [1.165, 1.54) is 20.1 Å². The largest absolute Gasteiger partial charge is 0.495 e. The lowest BCUT2D eigenvalue weighted by Gasteiger charge is -2.29. The minimum Gasteiger partial charge on any atom is -0.495 e. The molecule has 9 heteroatoms. The molecule has 0 aliphatic carbocycles. The Balaban J connectivity index is 2.43. The number of benzene rings is 2. The van der Waals surface area contributed by atoms with E-state index in [2.05, 4.69) is 21.2 Å². The number of para-hydroxylation sites is 1. The number of nitrogens with zero attached hydrogens (tertiary/aromatic N) is 1. The Morgan fingerprint density at radius 1 is 1.27 bits per heavy atom. The van der Waals surface area contributed by atoms with Gasteiger partial charge in [-0.15, -0.1) is 0 Å². The number of sulfonamides is 1. The van der Waals surface area contributed by atoms with Gasteiger partial charge in [-0.25, -0.2) is 8.42 Å². The second-order valence-corrected chi connectivity index (χ2v) is 8.67. The Hall–Kier alpha value is -1.77. The van der Waals surface area contributed by atoms with Crippen LogP contribution in [0.25, 0.3) is 0 Å². The third kappa shape index (κ3) is 4.69. The van der Waals surface area contributed by atoms with E-state index in [0.29, 0.717) is 20.9 Å². The highest BCUT2D eigenvalue weighted by molar-refractivity contribution is 9.10. The van der Waals surface area contributed by atoms with E-state index in [0.717, 1.165) is 10.6 Å². The summed E-state index contributed by atoms with van der Waals surface area (Å²) in [6.07, 6.45) is 1.02. The quantitative estimate of drug-likeness (QED) is 0.708. The van der Waals surface area contributed by atoms with E-state index < -0.39 is 22.0 Å². The summed E-state index contributed by atoms with van der Waals surface area (Å²) >= 11 is 9.36. The fraction of sp³-hybridized carbons (Fsp3) is 0.235. The Kier molecular flexibility index (Phi) is 6.54. The molecule has 26 heavy (non-hydrogen) atoms. The molecule has 6 nitrogen and oxygen atoms in total. The van der Waals surface area contributed by atoms with Gasteiger partial charge in [-0.05, 0) is 53.2 Å². The topological polar surface area (TPSA) is 75.7 Å². The van der Waals surface area contributed by atoms with Crippen molar-refractivity contribution < 1.29 is 17.9 Å². The number of ether oxygens (including phenoxy) is 1. The molecule has 0 bridgehead atoms. The lowest BCUT2D eigenvalue weighted by Crippen LogP contribution is -2.45. The number of hydrogen-bond acceptors (Lipinski definition) is 4. The number of nitrogens with one attached hydrogen (secondary N) is 1. The van der Waals surface area contributed by atoms with Crippen LogP contribution in [0.1, 0.15) is 6.92 Å². The van der Waals surface area contributed by atoms with Crippen LogP contribution in [0.5, 0.6) is 5.75 Å². The predicted octanol–water partition coefficient (Wildman–Crippen LogP) is 3.90. The fourth-order valence-electron chi connectivity index (χ4n) is 2.42. The van der Waals surface area contributed by atoms with E-state index in [-0.39, 0.29) is 5.69 Å². The molecule has 1 N–H and O–H groups in total. The van der Waals surface area contributed by atoms with Crippen molar-refractivity contribution in [1.29, 1.82) is 0 Å². The van der Waals surface area contributed by atoms with Crippen molar-refractivity contribution in [3.05, 3.63) is 52.0 Å². The van der Waals surface area contributed by atoms with Crippen LogP contribution in [0.3, 0.4) is 0 Å². The summed E-state index contributed by atoms with van der Waals surface area (Å²) in [6.45, 7) is 1.49. The van der Waals surface area contributed by atoms with Gasteiger partial charge >= 0.3 is 0 Å². The van der Waals surface area contributed by atoms with Gasteiger partial charge in [-0.3, -0.25) is 9.10 Å². The number of carbonyl (C=O) groups excluding carboxylic acids is 1. The number of hydrogen-bond donors (Lipinski definition) is 1. The van der Waals surface area contributed by atoms with Gasteiger partial charge in [0, 0.05) is 9.50 Å². The summed E-state index contributed by atoms with van der Waals surface area (Å²) in [7, 11) is -2.38. The van der Waals surface area contributed by atoms with Crippen molar-refractivity contribution >= 4 is 54.8 Å². The van der Waals surface area contributed by atoms with Crippen LogP contribution in [-0.2, 0) is 14.8 Å². The normalized spacial score (nSPS) is 12.3. The zero-order valence-corrected chi connectivity index (χ0v) is 17.5. The van der Waals surface area contributed by atoms with Gasteiger partial charge in [0.25, 0.3) is 0 Å². The van der Waals surface area contributed by atoms with Crippen LogP contribution in [0, 0.1) is 0 Å². The summed E-state index contributed by atoms with van der Waals surface area (Å²) in [4.78, 5) is 12.7. The average Bonchev–Trinajstić information content (AvgIpc) is 2.56. The Bertz CT molecular complexity index is 921. The molecular weight excluding hydrogens is 444 g/mol. The van der Waals surface area contributed by atoms with Crippen molar-refractivity contribution in [1.82, 2.24) is 0 Å². The number of rotatable bonds is 6. The van der Waals surface area contributed by atoms with Crippen LogP contribution in [0.2, 0.25) is 5.02 Å². The molecular formula is C17H18BrClN2O4S. The zero-order chi connectivity index (χ0) is 19.5. The molecule has 2 rings (SSSR count). The van der Waals surface area contributed by atoms with Crippen LogP contribution in [0.15, 0.2) is 46.9 Å². The van der Waals surface area contributed by atoms with E-state index in [9.17, 15) is 13.2 Å². The molecule has 0 heterocycles. The second kappa shape index (κ2) is 8.28. The zero-order valence-electron chi connectivity index (χ0n) is 14.4. The molecule has 2 aromatic carbocycles. The molecule has 0 saturated heterocycles. The summed E-state index contributed by atoms with van der Waals surface area (Å²) in [5.74, 6) is -0.204. The maximum atomic E-state index is 12.7. The van der Waals surface area contributed by atoms with Crippen LogP contribution in [-0.4, -0.2) is 33.7 Å². The number of amides is 1. The SMILES string of the molecule is COc1ccc(Cl)cc1N([C@H](C)C(=O)Nc1ccccc1Br)S(C)(=O)=O. The monoisotopic (exact) mass is 460 g/mol. The molecule has 0 spiro atoms. The molecule has 0 saturated carbocycles. The smallest absolute Gasteiger partial charge is 0.248 e. The summed E-state index contributed by atoms with van der Waals surface area (Å²) in [5, 5.41) is 3.05. The first kappa shape index (κ1) is 20.5. The molecule has 140 valence electrons. The van der Waals surface area contributed by atoms with Crippen molar-refractivity contribution in [2.45, 2.75) is 13.0 Å².